The first-order valence-electron chi connectivity index (χ1n) is 7.70. The van der Waals surface area contributed by atoms with Crippen LogP contribution in [0.3, 0.4) is 0 Å². The standard InChI is InChI=1S/C19H20N2O4/c1-14-10-15(11-16(12-20)19(22)25-9-8-23-2)13-21(14)17-4-6-18(24-3)7-5-17/h4-7,10-11,13H,8-9H2,1-3H3/b16-11-. The Morgan fingerprint density at radius 2 is 1.96 bits per heavy atom. The van der Waals surface area contributed by atoms with E-state index in [4.69, 9.17) is 14.2 Å². The molecular formula is C19H20N2O4. The Bertz CT molecular complexity index is 798. The van der Waals surface area contributed by atoms with Gasteiger partial charge in [0, 0.05) is 24.7 Å². The van der Waals surface area contributed by atoms with Gasteiger partial charge in [-0.1, -0.05) is 0 Å². The Morgan fingerprint density at radius 1 is 1.24 bits per heavy atom. The molecule has 0 amide bonds. The summed E-state index contributed by atoms with van der Waals surface area (Å²) in [6.07, 6.45) is 3.37. The number of rotatable bonds is 7. The number of aryl methyl sites for hydroxylation is 1. The molecule has 0 aliphatic heterocycles. The van der Waals surface area contributed by atoms with Crippen molar-refractivity contribution < 1.29 is 19.0 Å². The Morgan fingerprint density at radius 3 is 2.56 bits per heavy atom. The molecule has 0 radical (unpaired) electrons. The molecule has 6 heteroatoms. The second kappa shape index (κ2) is 8.71. The maximum atomic E-state index is 11.9. The fourth-order valence-corrected chi connectivity index (χ4v) is 2.30. The van der Waals surface area contributed by atoms with Crippen molar-refractivity contribution in [2.24, 2.45) is 0 Å². The van der Waals surface area contributed by atoms with E-state index < -0.39 is 5.97 Å². The Balaban J connectivity index is 2.22. The highest BCUT2D eigenvalue weighted by Gasteiger charge is 2.12. The van der Waals surface area contributed by atoms with Gasteiger partial charge in [-0.3, -0.25) is 0 Å². The van der Waals surface area contributed by atoms with E-state index in [0.29, 0.717) is 0 Å². The van der Waals surface area contributed by atoms with Gasteiger partial charge < -0.3 is 18.8 Å². The molecule has 0 N–H and O–H groups in total. The lowest BCUT2D eigenvalue weighted by molar-refractivity contribution is -0.139. The third-order valence-electron chi connectivity index (χ3n) is 3.56. The summed E-state index contributed by atoms with van der Waals surface area (Å²) in [7, 11) is 3.13. The topological polar surface area (TPSA) is 73.5 Å². The zero-order valence-electron chi connectivity index (χ0n) is 14.5. The summed E-state index contributed by atoms with van der Waals surface area (Å²) in [4.78, 5) is 11.9. The molecule has 25 heavy (non-hydrogen) atoms. The van der Waals surface area contributed by atoms with Gasteiger partial charge in [-0.05, 0) is 48.9 Å². The van der Waals surface area contributed by atoms with Crippen molar-refractivity contribution in [2.75, 3.05) is 27.4 Å². The van der Waals surface area contributed by atoms with E-state index in [1.807, 2.05) is 54.1 Å². The molecule has 6 nitrogen and oxygen atoms in total. The molecule has 2 aromatic rings. The predicted octanol–water partition coefficient (Wildman–Crippen LogP) is 2.89. The number of nitriles is 1. The van der Waals surface area contributed by atoms with Crippen molar-refractivity contribution in [3.63, 3.8) is 0 Å². The van der Waals surface area contributed by atoms with E-state index in [1.165, 1.54) is 13.2 Å². The van der Waals surface area contributed by atoms with Gasteiger partial charge in [-0.15, -0.1) is 0 Å². The van der Waals surface area contributed by atoms with E-state index in [9.17, 15) is 10.1 Å². The number of aromatic nitrogens is 1. The molecule has 0 spiro atoms. The minimum atomic E-state index is -0.658. The molecule has 0 aliphatic carbocycles. The average molecular weight is 340 g/mol. The zero-order valence-corrected chi connectivity index (χ0v) is 14.5. The van der Waals surface area contributed by atoms with Crippen LogP contribution >= 0.6 is 0 Å². The maximum absolute atomic E-state index is 11.9. The monoisotopic (exact) mass is 340 g/mol. The van der Waals surface area contributed by atoms with Crippen molar-refractivity contribution in [3.8, 4) is 17.5 Å². The van der Waals surface area contributed by atoms with Crippen LogP contribution in [0.5, 0.6) is 5.75 Å². The summed E-state index contributed by atoms with van der Waals surface area (Å²) >= 11 is 0. The van der Waals surface area contributed by atoms with Gasteiger partial charge in [0.2, 0.25) is 0 Å². The number of methoxy groups -OCH3 is 2. The third-order valence-corrected chi connectivity index (χ3v) is 3.56. The van der Waals surface area contributed by atoms with Gasteiger partial charge in [-0.2, -0.15) is 5.26 Å². The number of carbonyl (C=O) groups is 1. The summed E-state index contributed by atoms with van der Waals surface area (Å²) < 4.78 is 16.9. The fraction of sp³-hybridized carbons (Fsp3) is 0.263. The number of benzene rings is 1. The second-order valence-electron chi connectivity index (χ2n) is 5.28. The van der Waals surface area contributed by atoms with E-state index in [2.05, 4.69) is 0 Å². The minimum Gasteiger partial charge on any atom is -0.497 e. The summed E-state index contributed by atoms with van der Waals surface area (Å²) in [6, 6.07) is 11.4. The first-order chi connectivity index (χ1) is 12.1. The van der Waals surface area contributed by atoms with Crippen molar-refractivity contribution >= 4 is 12.0 Å². The van der Waals surface area contributed by atoms with Crippen molar-refractivity contribution in [2.45, 2.75) is 6.92 Å². The number of esters is 1. The van der Waals surface area contributed by atoms with Crippen molar-refractivity contribution in [3.05, 3.63) is 53.4 Å². The molecule has 0 atom stereocenters. The second-order valence-corrected chi connectivity index (χ2v) is 5.28. The summed E-state index contributed by atoms with van der Waals surface area (Å²) in [5.74, 6) is 0.119. The maximum Gasteiger partial charge on any atom is 0.348 e. The normalized spacial score (nSPS) is 11.0. The summed E-state index contributed by atoms with van der Waals surface area (Å²) in [6.45, 7) is 2.35. The first-order valence-corrected chi connectivity index (χ1v) is 7.70. The van der Waals surface area contributed by atoms with Crippen LogP contribution in [-0.4, -0.2) is 38.0 Å². The summed E-state index contributed by atoms with van der Waals surface area (Å²) in [5.41, 5.74) is 2.62. The van der Waals surface area contributed by atoms with Gasteiger partial charge in [0.25, 0.3) is 0 Å². The Hall–Kier alpha value is -3.04. The van der Waals surface area contributed by atoms with Gasteiger partial charge in [0.15, 0.2) is 0 Å². The van der Waals surface area contributed by atoms with Crippen LogP contribution in [0.1, 0.15) is 11.3 Å². The number of carbonyl (C=O) groups excluding carboxylic acids is 1. The number of hydrogen-bond donors (Lipinski definition) is 0. The zero-order chi connectivity index (χ0) is 18.2. The van der Waals surface area contributed by atoms with Crippen LogP contribution < -0.4 is 4.74 Å². The summed E-state index contributed by atoms with van der Waals surface area (Å²) in [5, 5.41) is 9.19. The lowest BCUT2D eigenvalue weighted by atomic mass is 10.2. The fourth-order valence-electron chi connectivity index (χ4n) is 2.30. The van der Waals surface area contributed by atoms with Crippen LogP contribution in [0.4, 0.5) is 0 Å². The van der Waals surface area contributed by atoms with Gasteiger partial charge in [0.05, 0.1) is 13.7 Å². The Labute approximate surface area is 146 Å². The van der Waals surface area contributed by atoms with Crippen LogP contribution in [0.25, 0.3) is 11.8 Å². The molecule has 130 valence electrons. The molecule has 1 aromatic heterocycles. The highest BCUT2D eigenvalue weighted by atomic mass is 16.6. The molecule has 0 bridgehead atoms. The van der Waals surface area contributed by atoms with Crippen LogP contribution in [0.15, 0.2) is 42.1 Å². The molecule has 1 heterocycles. The largest absolute Gasteiger partial charge is 0.497 e. The molecule has 2 rings (SSSR count). The quantitative estimate of drug-likeness (QED) is 0.335. The first kappa shape index (κ1) is 18.3. The molecule has 0 saturated heterocycles. The van der Waals surface area contributed by atoms with Gasteiger partial charge in [-0.25, -0.2) is 4.79 Å². The highest BCUT2D eigenvalue weighted by molar-refractivity contribution is 5.97. The lowest BCUT2D eigenvalue weighted by Crippen LogP contribution is -2.11. The van der Waals surface area contributed by atoms with E-state index in [1.54, 1.807) is 7.11 Å². The molecule has 0 unspecified atom stereocenters. The van der Waals surface area contributed by atoms with Crippen molar-refractivity contribution in [1.29, 1.82) is 5.26 Å². The molecule has 0 aliphatic rings. The van der Waals surface area contributed by atoms with Gasteiger partial charge in [0.1, 0.15) is 24.0 Å². The molecule has 0 saturated carbocycles. The SMILES string of the molecule is COCCOC(=O)/C(C#N)=C\c1cc(C)n(-c2ccc(OC)cc2)c1. The number of ether oxygens (including phenoxy) is 3. The van der Waals surface area contributed by atoms with E-state index in [0.717, 1.165) is 22.7 Å². The number of nitrogens with zero attached hydrogens (tertiary/aromatic N) is 2. The van der Waals surface area contributed by atoms with Crippen LogP contribution in [-0.2, 0) is 14.3 Å². The smallest absolute Gasteiger partial charge is 0.348 e. The molecule has 1 aromatic carbocycles. The molecule has 0 fully saturated rings. The molecular weight excluding hydrogens is 320 g/mol. The minimum absolute atomic E-state index is 0.0528. The van der Waals surface area contributed by atoms with Crippen molar-refractivity contribution in [1.82, 2.24) is 4.57 Å². The van der Waals surface area contributed by atoms with Crippen LogP contribution in [0, 0.1) is 18.3 Å². The number of hydrogen-bond acceptors (Lipinski definition) is 5. The Kier molecular flexibility index (Phi) is 6.38. The van der Waals surface area contributed by atoms with Crippen LogP contribution in [0.2, 0.25) is 0 Å². The van der Waals surface area contributed by atoms with E-state index in [-0.39, 0.29) is 18.8 Å². The third kappa shape index (κ3) is 4.72. The average Bonchev–Trinajstić information content (AvgIpc) is 3.00. The predicted molar refractivity (Wildman–Crippen MR) is 93.5 cm³/mol. The van der Waals surface area contributed by atoms with E-state index >= 15 is 0 Å². The lowest BCUT2D eigenvalue weighted by Gasteiger charge is -2.06. The highest BCUT2D eigenvalue weighted by Crippen LogP contribution is 2.20. The van der Waals surface area contributed by atoms with Gasteiger partial charge >= 0.3 is 5.97 Å².